The lowest BCUT2D eigenvalue weighted by molar-refractivity contribution is 0.1000. The second-order valence-corrected chi connectivity index (χ2v) is 8.04. The number of thiophene rings is 1. The van der Waals surface area contributed by atoms with E-state index in [1.54, 1.807) is 6.07 Å². The number of fused-ring (bicyclic) bond motifs is 1. The minimum absolute atomic E-state index is 0.334. The number of carbonyl (C=O) groups is 1. The molecule has 0 fully saturated rings. The lowest BCUT2D eigenvalue weighted by Gasteiger charge is -2.29. The molecule has 2 aromatic rings. The topological polar surface area (TPSA) is 55.1 Å². The summed E-state index contributed by atoms with van der Waals surface area (Å²) < 4.78 is 1.41. The second kappa shape index (κ2) is 5.73. The molecule has 0 spiro atoms. The molecule has 110 valence electrons. The summed E-state index contributed by atoms with van der Waals surface area (Å²) in [5.74, 6) is -0.382. The lowest BCUT2D eigenvalue weighted by Crippen LogP contribution is -2.19. The molecule has 3 N–H and O–H groups in total. The number of amides is 1. The van der Waals surface area contributed by atoms with Crippen LogP contribution < -0.4 is 11.1 Å². The highest BCUT2D eigenvalue weighted by molar-refractivity contribution is 8.01. The van der Waals surface area contributed by atoms with Crippen LogP contribution in [0.25, 0.3) is 0 Å². The summed E-state index contributed by atoms with van der Waals surface area (Å²) in [4.78, 5) is 11.2. The molecule has 0 saturated carbocycles. The summed E-state index contributed by atoms with van der Waals surface area (Å²) in [7, 11) is 0. The zero-order valence-corrected chi connectivity index (χ0v) is 13.7. The van der Waals surface area contributed by atoms with Gasteiger partial charge >= 0.3 is 0 Å². The number of thioether (sulfide) groups is 1. The van der Waals surface area contributed by atoms with Crippen LogP contribution in [0.3, 0.4) is 0 Å². The van der Waals surface area contributed by atoms with Crippen LogP contribution in [-0.4, -0.2) is 11.2 Å². The summed E-state index contributed by atoms with van der Waals surface area (Å²) in [6.45, 7) is 4.27. The van der Waals surface area contributed by atoms with Crippen LogP contribution in [0.5, 0.6) is 0 Å². The number of carbonyl (C=O) groups excluding carboxylic acids is 1. The van der Waals surface area contributed by atoms with Crippen LogP contribution in [-0.2, 0) is 0 Å². The maximum Gasteiger partial charge on any atom is 0.248 e. The van der Waals surface area contributed by atoms with Crippen molar-refractivity contribution < 1.29 is 4.79 Å². The monoisotopic (exact) mass is 318 g/mol. The van der Waals surface area contributed by atoms with Gasteiger partial charge in [0.05, 0.1) is 10.3 Å². The fourth-order valence-electron chi connectivity index (χ4n) is 2.65. The first-order valence-electron chi connectivity index (χ1n) is 6.95. The van der Waals surface area contributed by atoms with Gasteiger partial charge in [-0.15, -0.1) is 23.1 Å². The Bertz CT molecular complexity index is 681. The van der Waals surface area contributed by atoms with E-state index in [1.165, 1.54) is 9.77 Å². The van der Waals surface area contributed by atoms with Crippen LogP contribution in [0.2, 0.25) is 0 Å². The Labute approximate surface area is 132 Å². The number of hydrogen-bond acceptors (Lipinski definition) is 4. The molecule has 21 heavy (non-hydrogen) atoms. The third-order valence-electron chi connectivity index (χ3n) is 3.75. The summed E-state index contributed by atoms with van der Waals surface area (Å²) in [5.41, 5.74) is 9.39. The summed E-state index contributed by atoms with van der Waals surface area (Å²) in [6, 6.07) is 8.13. The number of benzene rings is 1. The summed E-state index contributed by atoms with van der Waals surface area (Å²) in [5, 5.41) is 6.40. The third-order valence-corrected chi connectivity index (χ3v) is 6.09. The van der Waals surface area contributed by atoms with Gasteiger partial charge in [-0.25, -0.2) is 0 Å². The average molecular weight is 318 g/mol. The smallest absolute Gasteiger partial charge is 0.248 e. The number of rotatable bonds is 3. The van der Waals surface area contributed by atoms with E-state index in [1.807, 2.05) is 42.2 Å². The first-order chi connectivity index (χ1) is 10.0. The molecule has 1 aromatic heterocycles. The molecule has 2 heterocycles. The number of nitrogens with two attached hydrogens (primary N) is 1. The molecule has 1 amide bonds. The number of nitrogens with one attached hydrogen (secondary N) is 1. The largest absolute Gasteiger partial charge is 0.378 e. The van der Waals surface area contributed by atoms with Crippen LogP contribution in [0.1, 0.15) is 40.9 Å². The van der Waals surface area contributed by atoms with Crippen LogP contribution in [0, 0.1) is 6.92 Å². The van der Waals surface area contributed by atoms with Gasteiger partial charge in [0.25, 0.3) is 0 Å². The predicted octanol–water partition coefficient (Wildman–Crippen LogP) is 4.19. The minimum Gasteiger partial charge on any atom is -0.378 e. The van der Waals surface area contributed by atoms with E-state index in [2.05, 4.69) is 23.7 Å². The highest BCUT2D eigenvalue weighted by Gasteiger charge is 2.26. The number of aryl methyl sites for hydroxylation is 1. The Balaban J connectivity index is 1.86. The zero-order valence-electron chi connectivity index (χ0n) is 12.1. The lowest BCUT2D eigenvalue weighted by atomic mass is 10.0. The Hall–Kier alpha value is -1.46. The van der Waals surface area contributed by atoms with Crippen molar-refractivity contribution in [2.24, 2.45) is 5.73 Å². The SMILES string of the molecule is Cc1cc(C(N)=O)ccc1NC1C[C@H](C)Sc2sccc21. The van der Waals surface area contributed by atoms with E-state index in [4.69, 9.17) is 5.73 Å². The van der Waals surface area contributed by atoms with E-state index < -0.39 is 0 Å². The standard InChI is InChI=1S/C16H18N2OS2/c1-9-7-11(15(17)19)3-4-13(9)18-14-8-10(2)21-16-12(14)5-6-20-16/h3-7,10,14,18H,8H2,1-2H3,(H2,17,19)/t10-,14?/m0/s1. The fourth-order valence-corrected chi connectivity index (χ4v) is 5.22. The molecule has 5 heteroatoms. The average Bonchev–Trinajstić information content (AvgIpc) is 2.88. The third kappa shape index (κ3) is 2.94. The number of primary amides is 1. The molecule has 0 bridgehead atoms. The van der Waals surface area contributed by atoms with E-state index >= 15 is 0 Å². The zero-order chi connectivity index (χ0) is 15.0. The number of anilines is 1. The highest BCUT2D eigenvalue weighted by atomic mass is 32.2. The first kappa shape index (κ1) is 14.5. The van der Waals surface area contributed by atoms with Crippen molar-refractivity contribution in [3.05, 3.63) is 46.3 Å². The van der Waals surface area contributed by atoms with E-state index in [-0.39, 0.29) is 5.91 Å². The van der Waals surface area contributed by atoms with Crippen molar-refractivity contribution in [3.8, 4) is 0 Å². The quantitative estimate of drug-likeness (QED) is 0.892. The van der Waals surface area contributed by atoms with Crippen LogP contribution in [0.15, 0.2) is 33.9 Å². The molecule has 1 aromatic carbocycles. The molecular formula is C16H18N2OS2. The van der Waals surface area contributed by atoms with Crippen molar-refractivity contribution in [2.75, 3.05) is 5.32 Å². The van der Waals surface area contributed by atoms with Crippen LogP contribution in [0.4, 0.5) is 5.69 Å². The molecule has 0 saturated heterocycles. The maximum absolute atomic E-state index is 11.2. The molecule has 0 aliphatic carbocycles. The molecular weight excluding hydrogens is 300 g/mol. The first-order valence-corrected chi connectivity index (χ1v) is 8.71. The number of hydrogen-bond donors (Lipinski definition) is 2. The normalized spacial score (nSPS) is 20.9. The van der Waals surface area contributed by atoms with E-state index in [9.17, 15) is 4.79 Å². The van der Waals surface area contributed by atoms with Gasteiger partial charge in [0.1, 0.15) is 0 Å². The second-order valence-electron chi connectivity index (χ2n) is 5.42. The summed E-state index contributed by atoms with van der Waals surface area (Å²) >= 11 is 3.78. The molecule has 1 unspecified atom stereocenters. The molecule has 0 radical (unpaired) electrons. The van der Waals surface area contributed by atoms with E-state index in [0.29, 0.717) is 16.9 Å². The Morgan fingerprint density at radius 1 is 1.38 bits per heavy atom. The molecule has 1 aliphatic rings. The maximum atomic E-state index is 11.2. The van der Waals surface area contributed by atoms with Gasteiger partial charge in [-0.05, 0) is 54.1 Å². The van der Waals surface area contributed by atoms with Crippen LogP contribution >= 0.6 is 23.1 Å². The predicted molar refractivity (Wildman–Crippen MR) is 90.3 cm³/mol. The van der Waals surface area contributed by atoms with Gasteiger partial charge in [-0.3, -0.25) is 4.79 Å². The van der Waals surface area contributed by atoms with Crippen molar-refractivity contribution in [1.29, 1.82) is 0 Å². The van der Waals surface area contributed by atoms with Gasteiger partial charge in [-0.1, -0.05) is 6.92 Å². The van der Waals surface area contributed by atoms with Gasteiger partial charge in [0.15, 0.2) is 0 Å². The van der Waals surface area contributed by atoms with Crippen molar-refractivity contribution in [1.82, 2.24) is 0 Å². The summed E-state index contributed by atoms with van der Waals surface area (Å²) in [6.07, 6.45) is 1.10. The molecule has 2 atom stereocenters. The van der Waals surface area contributed by atoms with Gasteiger partial charge in [-0.2, -0.15) is 0 Å². The van der Waals surface area contributed by atoms with Gasteiger partial charge in [0, 0.05) is 16.5 Å². The van der Waals surface area contributed by atoms with Crippen molar-refractivity contribution >= 4 is 34.7 Å². The molecule has 3 rings (SSSR count). The van der Waals surface area contributed by atoms with Crippen molar-refractivity contribution in [2.45, 2.75) is 35.8 Å². The Morgan fingerprint density at radius 3 is 2.90 bits per heavy atom. The Kier molecular flexibility index (Phi) is 3.95. The molecule has 3 nitrogen and oxygen atoms in total. The van der Waals surface area contributed by atoms with Crippen molar-refractivity contribution in [3.63, 3.8) is 0 Å². The fraction of sp³-hybridized carbons (Fsp3) is 0.312. The van der Waals surface area contributed by atoms with Gasteiger partial charge < -0.3 is 11.1 Å². The Morgan fingerprint density at radius 2 is 2.19 bits per heavy atom. The minimum atomic E-state index is -0.382. The molecule has 1 aliphatic heterocycles. The highest BCUT2D eigenvalue weighted by Crippen LogP contribution is 2.45. The van der Waals surface area contributed by atoms with Gasteiger partial charge in [0.2, 0.25) is 5.91 Å². The van der Waals surface area contributed by atoms with E-state index in [0.717, 1.165) is 17.7 Å².